The van der Waals surface area contributed by atoms with Crippen LogP contribution in [0.25, 0.3) is 22.1 Å². The van der Waals surface area contributed by atoms with Gasteiger partial charge in [-0.25, -0.2) is 31.8 Å². The van der Waals surface area contributed by atoms with Crippen molar-refractivity contribution in [3.8, 4) is 0 Å². The van der Waals surface area contributed by atoms with Gasteiger partial charge in [-0.3, -0.25) is 0 Å². The predicted molar refractivity (Wildman–Crippen MR) is 139 cm³/mol. The van der Waals surface area contributed by atoms with Crippen molar-refractivity contribution >= 4 is 38.2 Å². The molecule has 1 aliphatic rings. The summed E-state index contributed by atoms with van der Waals surface area (Å²) in [5, 5.41) is 15.7. The lowest BCUT2D eigenvalue weighted by molar-refractivity contribution is 0.0637. The lowest BCUT2D eigenvalue weighted by atomic mass is 10.1. The second-order valence-corrected chi connectivity index (χ2v) is 12.2. The highest BCUT2D eigenvalue weighted by atomic mass is 32.2. The van der Waals surface area contributed by atoms with Gasteiger partial charge in [-0.1, -0.05) is 17.7 Å². The van der Waals surface area contributed by atoms with Gasteiger partial charge in [0, 0.05) is 17.1 Å². The summed E-state index contributed by atoms with van der Waals surface area (Å²) >= 11 is 0. The van der Waals surface area contributed by atoms with Gasteiger partial charge < -0.3 is 20.2 Å². The number of nitrogens with zero attached hydrogens (tertiary/aromatic N) is 5. The molecule has 2 N–H and O–H groups in total. The molecule has 196 valence electrons. The molecule has 0 unspecified atom stereocenters. The van der Waals surface area contributed by atoms with Crippen LogP contribution in [0.1, 0.15) is 45.2 Å². The van der Waals surface area contributed by atoms with Crippen LogP contribution in [0, 0.1) is 6.92 Å². The van der Waals surface area contributed by atoms with E-state index in [1.807, 2.05) is 32.7 Å². The number of aliphatic hydroxyl groups is 1. The monoisotopic (exact) mass is 526 g/mol. The van der Waals surface area contributed by atoms with E-state index in [-0.39, 0.29) is 16.6 Å². The molecular formula is C25H30N6O5S. The van der Waals surface area contributed by atoms with Crippen molar-refractivity contribution in [3.05, 3.63) is 54.1 Å². The van der Waals surface area contributed by atoms with Crippen LogP contribution in [-0.4, -0.2) is 63.0 Å². The van der Waals surface area contributed by atoms with Gasteiger partial charge in [-0.2, -0.15) is 0 Å². The predicted octanol–water partition coefficient (Wildman–Crippen LogP) is 2.83. The molecule has 11 nitrogen and oxygen atoms in total. The molecule has 4 aromatic rings. The summed E-state index contributed by atoms with van der Waals surface area (Å²) in [6, 6.07) is 8.32. The molecule has 1 aromatic carbocycles. The third-order valence-corrected chi connectivity index (χ3v) is 7.79. The number of fused-ring (bicyclic) bond motifs is 3. The zero-order valence-corrected chi connectivity index (χ0v) is 22.2. The van der Waals surface area contributed by atoms with E-state index in [1.54, 1.807) is 41.9 Å². The van der Waals surface area contributed by atoms with Crippen LogP contribution in [-0.2, 0) is 14.8 Å². The van der Waals surface area contributed by atoms with Crippen LogP contribution in [0.2, 0.25) is 0 Å². The van der Waals surface area contributed by atoms with Crippen LogP contribution < -0.4 is 10.3 Å². The molecular weight excluding hydrogens is 496 g/mol. The number of ether oxygens (including phenoxy) is 1. The van der Waals surface area contributed by atoms with E-state index < -0.39 is 27.8 Å². The fourth-order valence-corrected chi connectivity index (χ4v) is 5.65. The number of carbonyl (C=O) groups is 1. The van der Waals surface area contributed by atoms with Gasteiger partial charge in [0.25, 0.3) is 10.0 Å². The summed E-state index contributed by atoms with van der Waals surface area (Å²) < 4.78 is 35.2. The Morgan fingerprint density at radius 1 is 1.19 bits per heavy atom. The molecule has 3 aromatic heterocycles. The first-order valence-electron chi connectivity index (χ1n) is 12.0. The Hall–Kier alpha value is -3.64. The summed E-state index contributed by atoms with van der Waals surface area (Å²) in [6.07, 6.45) is 1.25. The van der Waals surface area contributed by atoms with Crippen molar-refractivity contribution in [2.24, 2.45) is 0 Å². The fraction of sp³-hybridized carbons (Fsp3) is 0.400. The van der Waals surface area contributed by atoms with E-state index in [1.165, 1.54) is 12.4 Å². The van der Waals surface area contributed by atoms with Gasteiger partial charge in [0.1, 0.15) is 23.2 Å². The van der Waals surface area contributed by atoms with E-state index in [2.05, 4.69) is 15.3 Å². The van der Waals surface area contributed by atoms with Gasteiger partial charge in [0.2, 0.25) is 0 Å². The number of hydrogen-bond acceptors (Lipinski definition) is 8. The van der Waals surface area contributed by atoms with E-state index in [0.29, 0.717) is 35.3 Å². The molecule has 1 fully saturated rings. The minimum absolute atomic E-state index is 0.159. The number of aromatic nitrogens is 4. The minimum atomic E-state index is -3.88. The van der Waals surface area contributed by atoms with Gasteiger partial charge in [0.15, 0.2) is 11.5 Å². The van der Waals surface area contributed by atoms with E-state index >= 15 is 0 Å². The average Bonchev–Trinajstić information content (AvgIpc) is 3.37. The molecule has 1 atom stereocenters. The maximum atomic E-state index is 13.4. The highest BCUT2D eigenvalue weighted by molar-refractivity contribution is 7.90. The first kappa shape index (κ1) is 25.0. The molecule has 12 heteroatoms. The number of hydrogen-bond donors (Lipinski definition) is 2. The van der Waals surface area contributed by atoms with Crippen LogP contribution in [0.5, 0.6) is 0 Å². The molecule has 0 spiro atoms. The second-order valence-electron chi connectivity index (χ2n) is 10.4. The molecule has 5 rings (SSSR count). The van der Waals surface area contributed by atoms with Gasteiger partial charge in [0.05, 0.1) is 24.2 Å². The number of alkyl carbamates (subject to hydrolysis) is 1. The van der Waals surface area contributed by atoms with Crippen molar-refractivity contribution in [1.82, 2.24) is 23.9 Å². The fourth-order valence-electron chi connectivity index (χ4n) is 4.34. The Balaban J connectivity index is 1.53. The second kappa shape index (κ2) is 8.73. The third-order valence-electron chi connectivity index (χ3n) is 6.11. The van der Waals surface area contributed by atoms with Crippen molar-refractivity contribution < 1.29 is 23.1 Å². The van der Waals surface area contributed by atoms with E-state index in [0.717, 1.165) is 9.54 Å². The third kappa shape index (κ3) is 4.51. The summed E-state index contributed by atoms with van der Waals surface area (Å²) in [4.78, 5) is 21.3. The largest absolute Gasteiger partial charge is 0.442 e. The summed E-state index contributed by atoms with van der Waals surface area (Å²) in [5.74, 6) is 0.385. The topological polar surface area (TPSA) is 132 Å². The number of benzene rings is 1. The van der Waals surface area contributed by atoms with Gasteiger partial charge in [-0.15, -0.1) is 0 Å². The number of rotatable bonds is 5. The van der Waals surface area contributed by atoms with Crippen LogP contribution >= 0.6 is 0 Å². The Bertz CT molecular complexity index is 1590. The maximum absolute atomic E-state index is 13.4. The molecule has 4 heterocycles. The van der Waals surface area contributed by atoms with Crippen molar-refractivity contribution in [2.75, 3.05) is 18.1 Å². The standard InChI is InChI=1S/C25H30N6O5S/c1-15-6-8-18(9-7-15)37(34,35)30-11-10-19-21-20(12-26-23(19)30)27-22(16(2)32)31(21)29-13-17(14-29)36-24(33)28-25(3,4)5/h6-12,16-17,32H,13-14H2,1-5H3,(H,28,33)/t16-/m1/s1. The number of aliphatic hydroxyl groups excluding tert-OH is 1. The highest BCUT2D eigenvalue weighted by Gasteiger charge is 2.35. The van der Waals surface area contributed by atoms with Crippen molar-refractivity contribution in [2.45, 2.75) is 57.3 Å². The number of carbonyl (C=O) groups excluding carboxylic acids is 1. The molecule has 1 aliphatic heterocycles. The maximum Gasteiger partial charge on any atom is 0.407 e. The Morgan fingerprint density at radius 2 is 1.86 bits per heavy atom. The molecule has 0 saturated carbocycles. The molecule has 0 bridgehead atoms. The number of nitrogens with one attached hydrogen (secondary N) is 1. The first-order chi connectivity index (χ1) is 17.3. The lowest BCUT2D eigenvalue weighted by Gasteiger charge is -2.41. The zero-order chi connectivity index (χ0) is 26.7. The van der Waals surface area contributed by atoms with Gasteiger partial charge in [-0.05, 0) is 52.8 Å². The highest BCUT2D eigenvalue weighted by Crippen LogP contribution is 2.31. The first-order valence-corrected chi connectivity index (χ1v) is 13.4. The van der Waals surface area contributed by atoms with E-state index in [9.17, 15) is 18.3 Å². The SMILES string of the molecule is Cc1ccc(S(=O)(=O)n2ccc3c2ncc2nc([C@@H](C)O)n(N4CC(OC(=O)NC(C)(C)C)C4)c23)cc1. The Labute approximate surface area is 214 Å². The zero-order valence-electron chi connectivity index (χ0n) is 21.3. The van der Waals surface area contributed by atoms with Crippen LogP contribution in [0.15, 0.2) is 47.6 Å². The van der Waals surface area contributed by atoms with E-state index in [4.69, 9.17) is 4.74 Å². The minimum Gasteiger partial charge on any atom is -0.442 e. The van der Waals surface area contributed by atoms with Crippen LogP contribution in [0.3, 0.4) is 0 Å². The van der Waals surface area contributed by atoms with Crippen molar-refractivity contribution in [3.63, 3.8) is 0 Å². The normalized spacial score (nSPS) is 15.7. The summed E-state index contributed by atoms with van der Waals surface area (Å²) in [5.41, 5.74) is 1.94. The number of amides is 1. The number of imidazole rings is 1. The average molecular weight is 527 g/mol. The summed E-state index contributed by atoms with van der Waals surface area (Å²) in [7, 11) is -3.88. The molecule has 1 saturated heterocycles. The Kier molecular flexibility index (Phi) is 5.91. The number of aryl methyl sites for hydroxylation is 1. The molecule has 0 aliphatic carbocycles. The van der Waals surface area contributed by atoms with Gasteiger partial charge >= 0.3 is 6.09 Å². The number of pyridine rings is 1. The molecule has 37 heavy (non-hydrogen) atoms. The van der Waals surface area contributed by atoms with Crippen LogP contribution in [0.4, 0.5) is 4.79 Å². The lowest BCUT2D eigenvalue weighted by Crippen LogP contribution is -2.60. The summed E-state index contributed by atoms with van der Waals surface area (Å²) in [6.45, 7) is 9.89. The molecule has 1 amide bonds. The Morgan fingerprint density at radius 3 is 2.49 bits per heavy atom. The van der Waals surface area contributed by atoms with Crippen molar-refractivity contribution in [1.29, 1.82) is 0 Å². The molecule has 0 radical (unpaired) electrons. The quantitative estimate of drug-likeness (QED) is 0.406. The smallest absolute Gasteiger partial charge is 0.407 e.